The number of benzene rings is 1. The zero-order valence-corrected chi connectivity index (χ0v) is 13.3. The number of nitrogens with zero attached hydrogens (tertiary/aromatic N) is 1. The minimum atomic E-state index is 0.442. The molecule has 1 aromatic rings. The van der Waals surface area contributed by atoms with Crippen molar-refractivity contribution in [2.24, 2.45) is 0 Å². The molecule has 0 fully saturated rings. The molecule has 0 aromatic heterocycles. The third kappa shape index (κ3) is 5.33. The van der Waals surface area contributed by atoms with Gasteiger partial charge in [-0.15, -0.1) is 0 Å². The molecule has 0 spiro atoms. The van der Waals surface area contributed by atoms with Crippen LogP contribution in [0.3, 0.4) is 0 Å². The molecule has 2 nitrogen and oxygen atoms in total. The molecule has 0 radical (unpaired) electrons. The van der Waals surface area contributed by atoms with Crippen LogP contribution in [-0.4, -0.2) is 31.1 Å². The lowest BCUT2D eigenvalue weighted by molar-refractivity contribution is 0.296. The normalized spacial score (nSPS) is 12.9. The Hall–Kier alpha value is -0.860. The Morgan fingerprint density at radius 2 is 1.84 bits per heavy atom. The van der Waals surface area contributed by atoms with Crippen molar-refractivity contribution in [1.29, 1.82) is 0 Å². The first-order valence-corrected chi connectivity index (χ1v) is 7.61. The van der Waals surface area contributed by atoms with Gasteiger partial charge >= 0.3 is 0 Å². The molecule has 1 N–H and O–H groups in total. The fourth-order valence-electron chi connectivity index (χ4n) is 2.58. The summed E-state index contributed by atoms with van der Waals surface area (Å²) in [5, 5.41) is 3.64. The quantitative estimate of drug-likeness (QED) is 0.719. The predicted molar refractivity (Wildman–Crippen MR) is 84.7 cm³/mol. The SMILES string of the molecule is CCN(CC)CCCNC(C)c1ccc(C)cc1C. The summed E-state index contributed by atoms with van der Waals surface area (Å²) in [4.78, 5) is 2.48. The average molecular weight is 262 g/mol. The minimum absolute atomic E-state index is 0.442. The molecule has 0 bridgehead atoms. The summed E-state index contributed by atoms with van der Waals surface area (Å²) >= 11 is 0. The second kappa shape index (κ2) is 8.34. The molecule has 2 heteroatoms. The van der Waals surface area contributed by atoms with Gasteiger partial charge in [0.05, 0.1) is 0 Å². The molecule has 1 atom stereocenters. The molecular weight excluding hydrogens is 232 g/mol. The van der Waals surface area contributed by atoms with E-state index in [1.165, 1.54) is 29.7 Å². The number of nitrogens with one attached hydrogen (secondary N) is 1. The molecular formula is C17H30N2. The summed E-state index contributed by atoms with van der Waals surface area (Å²) in [6.45, 7) is 15.7. The number of hydrogen-bond acceptors (Lipinski definition) is 2. The molecule has 0 aliphatic carbocycles. The van der Waals surface area contributed by atoms with Crippen molar-refractivity contribution in [3.05, 3.63) is 34.9 Å². The van der Waals surface area contributed by atoms with Gasteiger partial charge in [-0.05, 0) is 64.5 Å². The fraction of sp³-hybridized carbons (Fsp3) is 0.647. The standard InChI is InChI=1S/C17H30N2/c1-6-19(7-2)12-8-11-18-16(5)17-10-9-14(3)13-15(17)4/h9-10,13,16,18H,6-8,11-12H2,1-5H3. The third-order valence-corrected chi connectivity index (χ3v) is 3.89. The smallest absolute Gasteiger partial charge is 0.0294 e. The maximum atomic E-state index is 3.64. The van der Waals surface area contributed by atoms with Crippen molar-refractivity contribution < 1.29 is 0 Å². The molecule has 0 aliphatic heterocycles. The molecule has 0 saturated carbocycles. The molecule has 108 valence electrons. The summed E-state index contributed by atoms with van der Waals surface area (Å²) in [6.07, 6.45) is 1.22. The van der Waals surface area contributed by atoms with Gasteiger partial charge in [0.1, 0.15) is 0 Å². The highest BCUT2D eigenvalue weighted by atomic mass is 15.1. The first kappa shape index (κ1) is 16.2. The highest BCUT2D eigenvalue weighted by Gasteiger charge is 2.07. The van der Waals surface area contributed by atoms with Crippen LogP contribution in [0.2, 0.25) is 0 Å². The Morgan fingerprint density at radius 3 is 2.42 bits per heavy atom. The van der Waals surface area contributed by atoms with Gasteiger partial charge in [0.25, 0.3) is 0 Å². The van der Waals surface area contributed by atoms with E-state index in [4.69, 9.17) is 0 Å². The zero-order valence-electron chi connectivity index (χ0n) is 13.3. The topological polar surface area (TPSA) is 15.3 Å². The summed E-state index contributed by atoms with van der Waals surface area (Å²) in [7, 11) is 0. The van der Waals surface area contributed by atoms with Crippen molar-refractivity contribution in [2.45, 2.75) is 47.1 Å². The van der Waals surface area contributed by atoms with Gasteiger partial charge in [0.15, 0.2) is 0 Å². The van der Waals surface area contributed by atoms with E-state index < -0.39 is 0 Å². The monoisotopic (exact) mass is 262 g/mol. The van der Waals surface area contributed by atoms with Crippen molar-refractivity contribution >= 4 is 0 Å². The number of aryl methyl sites for hydroxylation is 2. The molecule has 1 aromatic carbocycles. The van der Waals surface area contributed by atoms with Gasteiger partial charge < -0.3 is 10.2 Å². The molecule has 1 unspecified atom stereocenters. The lowest BCUT2D eigenvalue weighted by Gasteiger charge is -2.20. The van der Waals surface area contributed by atoms with E-state index in [-0.39, 0.29) is 0 Å². The van der Waals surface area contributed by atoms with Crippen LogP contribution in [0.25, 0.3) is 0 Å². The molecule has 19 heavy (non-hydrogen) atoms. The van der Waals surface area contributed by atoms with E-state index >= 15 is 0 Å². The fourth-order valence-corrected chi connectivity index (χ4v) is 2.58. The van der Waals surface area contributed by atoms with E-state index in [2.05, 4.69) is 63.0 Å². The van der Waals surface area contributed by atoms with E-state index in [0.29, 0.717) is 6.04 Å². The molecule has 0 aliphatic rings. The maximum Gasteiger partial charge on any atom is 0.0294 e. The molecule has 0 amide bonds. The van der Waals surface area contributed by atoms with Crippen LogP contribution in [-0.2, 0) is 0 Å². The second-order valence-corrected chi connectivity index (χ2v) is 5.42. The van der Waals surface area contributed by atoms with Crippen molar-refractivity contribution in [3.8, 4) is 0 Å². The Labute approximate surface area is 119 Å². The van der Waals surface area contributed by atoms with Gasteiger partial charge in [-0.3, -0.25) is 0 Å². The average Bonchev–Trinajstić information content (AvgIpc) is 2.38. The van der Waals surface area contributed by atoms with E-state index in [1.807, 2.05) is 0 Å². The van der Waals surface area contributed by atoms with Gasteiger partial charge in [-0.25, -0.2) is 0 Å². The van der Waals surface area contributed by atoms with E-state index in [0.717, 1.165) is 19.6 Å². The van der Waals surface area contributed by atoms with Crippen LogP contribution in [0.15, 0.2) is 18.2 Å². The highest BCUT2D eigenvalue weighted by molar-refractivity contribution is 5.32. The lowest BCUT2D eigenvalue weighted by atomic mass is 10.0. The number of rotatable bonds is 8. The summed E-state index contributed by atoms with van der Waals surface area (Å²) in [5.74, 6) is 0. The zero-order chi connectivity index (χ0) is 14.3. The molecule has 0 saturated heterocycles. The lowest BCUT2D eigenvalue weighted by Crippen LogP contribution is -2.28. The van der Waals surface area contributed by atoms with Gasteiger partial charge in [-0.1, -0.05) is 37.6 Å². The van der Waals surface area contributed by atoms with Gasteiger partial charge in [-0.2, -0.15) is 0 Å². The largest absolute Gasteiger partial charge is 0.310 e. The Morgan fingerprint density at radius 1 is 1.16 bits per heavy atom. The van der Waals surface area contributed by atoms with Crippen LogP contribution in [0, 0.1) is 13.8 Å². The van der Waals surface area contributed by atoms with Gasteiger partial charge in [0, 0.05) is 6.04 Å². The Kier molecular flexibility index (Phi) is 7.11. The van der Waals surface area contributed by atoms with Crippen molar-refractivity contribution in [1.82, 2.24) is 10.2 Å². The predicted octanol–water partition coefficient (Wildman–Crippen LogP) is 3.69. The summed E-state index contributed by atoms with van der Waals surface area (Å²) < 4.78 is 0. The van der Waals surface area contributed by atoms with E-state index in [1.54, 1.807) is 0 Å². The minimum Gasteiger partial charge on any atom is -0.310 e. The first-order chi connectivity index (χ1) is 9.08. The van der Waals surface area contributed by atoms with Crippen LogP contribution in [0.4, 0.5) is 0 Å². The Bertz CT molecular complexity index is 370. The summed E-state index contributed by atoms with van der Waals surface area (Å²) in [5.41, 5.74) is 4.16. The van der Waals surface area contributed by atoms with Crippen LogP contribution in [0.5, 0.6) is 0 Å². The maximum absolute atomic E-state index is 3.64. The molecule has 0 heterocycles. The highest BCUT2D eigenvalue weighted by Crippen LogP contribution is 2.18. The van der Waals surface area contributed by atoms with Gasteiger partial charge in [0.2, 0.25) is 0 Å². The van der Waals surface area contributed by atoms with Crippen molar-refractivity contribution in [3.63, 3.8) is 0 Å². The second-order valence-electron chi connectivity index (χ2n) is 5.42. The molecule has 1 rings (SSSR count). The van der Waals surface area contributed by atoms with Crippen molar-refractivity contribution in [2.75, 3.05) is 26.2 Å². The van der Waals surface area contributed by atoms with E-state index in [9.17, 15) is 0 Å². The van der Waals surface area contributed by atoms with Crippen LogP contribution < -0.4 is 5.32 Å². The number of hydrogen-bond donors (Lipinski definition) is 1. The first-order valence-electron chi connectivity index (χ1n) is 7.61. The van der Waals surface area contributed by atoms with Crippen LogP contribution >= 0.6 is 0 Å². The van der Waals surface area contributed by atoms with Crippen LogP contribution in [0.1, 0.15) is 49.9 Å². The summed E-state index contributed by atoms with van der Waals surface area (Å²) in [6, 6.07) is 7.17. The Balaban J connectivity index is 2.37. The third-order valence-electron chi connectivity index (χ3n) is 3.89.